The van der Waals surface area contributed by atoms with Crippen molar-refractivity contribution in [2.24, 2.45) is 28.6 Å². The van der Waals surface area contributed by atoms with Crippen LogP contribution in [-0.4, -0.2) is 92.4 Å². The van der Waals surface area contributed by atoms with E-state index in [2.05, 4.69) is 6.92 Å². The third-order valence-corrected chi connectivity index (χ3v) is 12.0. The molecule has 0 unspecified atom stereocenters. The summed E-state index contributed by atoms with van der Waals surface area (Å²) in [7, 11) is 0. The van der Waals surface area contributed by atoms with Gasteiger partial charge in [0, 0.05) is 17.9 Å². The van der Waals surface area contributed by atoms with Crippen molar-refractivity contribution in [3.63, 3.8) is 0 Å². The van der Waals surface area contributed by atoms with Gasteiger partial charge in [0.05, 0.1) is 28.8 Å². The van der Waals surface area contributed by atoms with Crippen LogP contribution in [0.4, 0.5) is 0 Å². The van der Waals surface area contributed by atoms with Gasteiger partial charge in [-0.25, -0.2) is 4.79 Å². The number of hydrogen-bond donors (Lipinski definition) is 5. The van der Waals surface area contributed by atoms with Crippen LogP contribution in [0.15, 0.2) is 11.6 Å². The number of hydrogen-bond acceptors (Lipinski definition) is 10. The Bertz CT molecular complexity index is 1050. The fourth-order valence-electron chi connectivity index (χ4n) is 9.75. The molecule has 0 aromatic rings. The Balaban J connectivity index is 1.22. The van der Waals surface area contributed by atoms with Gasteiger partial charge in [-0.05, 0) is 81.6 Å². The minimum Gasteiger partial charge on any atom is -0.458 e. The second-order valence-electron chi connectivity index (χ2n) is 13.4. The predicted molar refractivity (Wildman–Crippen MR) is 135 cm³/mol. The summed E-state index contributed by atoms with van der Waals surface area (Å²) < 4.78 is 16.9. The third kappa shape index (κ3) is 3.78. The molecular weight excluding hydrogens is 508 g/mol. The van der Waals surface area contributed by atoms with Gasteiger partial charge in [-0.15, -0.1) is 0 Å². The Hall–Kier alpha value is -1.40. The molecule has 39 heavy (non-hydrogen) atoms. The molecule has 13 atom stereocenters. The summed E-state index contributed by atoms with van der Waals surface area (Å²) in [4.78, 5) is 24.8. The topological polar surface area (TPSA) is 163 Å². The van der Waals surface area contributed by atoms with E-state index in [-0.39, 0.29) is 36.8 Å². The van der Waals surface area contributed by atoms with E-state index in [1.807, 2.05) is 0 Å². The molecule has 218 valence electrons. The Morgan fingerprint density at radius 1 is 0.974 bits per heavy atom. The van der Waals surface area contributed by atoms with Gasteiger partial charge in [0.15, 0.2) is 6.29 Å². The molecular formula is C29H42O10. The number of aliphatic hydroxyl groups is 5. The number of cyclic esters (lactones) is 1. The van der Waals surface area contributed by atoms with Crippen molar-refractivity contribution in [2.75, 3.05) is 6.61 Å². The van der Waals surface area contributed by atoms with Crippen molar-refractivity contribution >= 4 is 12.3 Å². The lowest BCUT2D eigenvalue weighted by Crippen LogP contribution is -2.69. The van der Waals surface area contributed by atoms with E-state index in [1.54, 1.807) is 13.0 Å². The number of fused-ring (bicyclic) bond motifs is 5. The monoisotopic (exact) mass is 550 g/mol. The number of carbonyl (C=O) groups is 2. The standard InChI is InChI=1S/C29H42O10/c1-15-22(32)23(33)24(34)25(38-15)39-17-3-8-27(14-30)19-4-7-26(2)18(16-11-21(31)37-13-16)6-10-29(26,36)20(19)5-9-28(27,35)12-17/h11,14-15,17-20,22-25,32-36H,3-10,12-13H2,1-2H3/t15-,17-,18-,19+,20-,22-,23+,24+,25+,26-,27+,28+,29-/m1/s1. The van der Waals surface area contributed by atoms with E-state index in [0.29, 0.717) is 44.9 Å². The predicted octanol–water partition coefficient (Wildman–Crippen LogP) is 0.750. The number of ether oxygens (including phenoxy) is 3. The van der Waals surface area contributed by atoms with Crippen LogP contribution in [0.1, 0.15) is 71.6 Å². The number of aldehydes is 1. The molecule has 0 aromatic carbocycles. The molecule has 4 aliphatic carbocycles. The lowest BCUT2D eigenvalue weighted by molar-refractivity contribution is -0.317. The van der Waals surface area contributed by atoms with Gasteiger partial charge >= 0.3 is 5.97 Å². The Kier molecular flexibility index (Phi) is 6.62. The molecule has 10 heteroatoms. The Labute approximate surface area is 228 Å². The second kappa shape index (κ2) is 9.31. The summed E-state index contributed by atoms with van der Waals surface area (Å²) in [5, 5.41) is 55.0. The van der Waals surface area contributed by atoms with Crippen molar-refractivity contribution < 1.29 is 49.3 Å². The van der Waals surface area contributed by atoms with E-state index in [9.17, 15) is 35.1 Å². The van der Waals surface area contributed by atoms with Crippen LogP contribution >= 0.6 is 0 Å². The van der Waals surface area contributed by atoms with E-state index in [1.165, 1.54) is 0 Å². The Morgan fingerprint density at radius 3 is 2.41 bits per heavy atom. The zero-order valence-corrected chi connectivity index (χ0v) is 22.7. The van der Waals surface area contributed by atoms with Gasteiger partial charge in [-0.1, -0.05) is 6.92 Å². The average molecular weight is 551 g/mol. The highest BCUT2D eigenvalue weighted by atomic mass is 16.7. The summed E-state index contributed by atoms with van der Waals surface area (Å²) >= 11 is 0. The first-order chi connectivity index (χ1) is 18.4. The molecule has 4 saturated carbocycles. The van der Waals surface area contributed by atoms with E-state index < -0.39 is 58.8 Å². The molecule has 0 spiro atoms. The summed E-state index contributed by atoms with van der Waals surface area (Å²) in [6.07, 6.45) is 0.689. The zero-order chi connectivity index (χ0) is 28.0. The number of rotatable bonds is 4. The molecule has 2 aliphatic heterocycles. The summed E-state index contributed by atoms with van der Waals surface area (Å²) in [6.45, 7) is 3.98. The molecule has 10 nitrogen and oxygen atoms in total. The highest BCUT2D eigenvalue weighted by Crippen LogP contribution is 2.70. The van der Waals surface area contributed by atoms with Crippen LogP contribution in [0.3, 0.4) is 0 Å². The zero-order valence-electron chi connectivity index (χ0n) is 22.7. The number of aliphatic hydroxyl groups excluding tert-OH is 3. The van der Waals surface area contributed by atoms with Gasteiger partial charge in [0.2, 0.25) is 0 Å². The molecule has 0 bridgehead atoms. The maximum absolute atomic E-state index is 13.0. The van der Waals surface area contributed by atoms with E-state index in [4.69, 9.17) is 14.2 Å². The SMILES string of the molecule is C[C@H]1O[C@@H](O[C@@H]2CC[C@]3(C=O)[C@H]4CC[C@]5(C)[C@@H](C6=CC(=O)OC6)CC[C@@]5(O)[C@@H]4CC[C@]3(O)C2)[C@@H](O)[C@@H](O)[C@@H]1O. The quantitative estimate of drug-likeness (QED) is 0.192. The lowest BCUT2D eigenvalue weighted by Gasteiger charge is -2.65. The first kappa shape index (κ1) is 27.8. The molecule has 2 heterocycles. The smallest absolute Gasteiger partial charge is 0.331 e. The summed E-state index contributed by atoms with van der Waals surface area (Å²) in [6, 6.07) is 0. The lowest BCUT2D eigenvalue weighted by atomic mass is 9.41. The van der Waals surface area contributed by atoms with Gasteiger partial charge in [-0.3, -0.25) is 0 Å². The molecule has 5 N–H and O–H groups in total. The first-order valence-corrected chi connectivity index (χ1v) is 14.5. The van der Waals surface area contributed by atoms with Crippen LogP contribution in [0, 0.1) is 28.6 Å². The van der Waals surface area contributed by atoms with E-state index >= 15 is 0 Å². The van der Waals surface area contributed by atoms with Gasteiger partial charge < -0.3 is 44.5 Å². The van der Waals surface area contributed by atoms with Crippen molar-refractivity contribution in [1.29, 1.82) is 0 Å². The van der Waals surface area contributed by atoms with Gasteiger partial charge in [0.1, 0.15) is 31.2 Å². The van der Waals surface area contributed by atoms with Crippen molar-refractivity contribution in [2.45, 2.75) is 120 Å². The maximum atomic E-state index is 13.0. The highest BCUT2D eigenvalue weighted by molar-refractivity contribution is 5.85. The molecule has 6 aliphatic rings. The molecule has 5 fully saturated rings. The highest BCUT2D eigenvalue weighted by Gasteiger charge is 2.71. The fraction of sp³-hybridized carbons (Fsp3) is 0.862. The molecule has 6 rings (SSSR count). The fourth-order valence-corrected chi connectivity index (χ4v) is 9.75. The summed E-state index contributed by atoms with van der Waals surface area (Å²) in [5.41, 5.74) is -2.86. The van der Waals surface area contributed by atoms with Crippen LogP contribution < -0.4 is 0 Å². The molecule has 0 radical (unpaired) electrons. The normalized spacial score (nSPS) is 55.2. The first-order valence-electron chi connectivity index (χ1n) is 14.5. The van der Waals surface area contributed by atoms with Crippen molar-refractivity contribution in [3.8, 4) is 0 Å². The minimum absolute atomic E-state index is 0.0465. The van der Waals surface area contributed by atoms with Crippen LogP contribution in [0.5, 0.6) is 0 Å². The molecule has 0 amide bonds. The van der Waals surface area contributed by atoms with Crippen LogP contribution in [0.25, 0.3) is 0 Å². The number of carbonyl (C=O) groups excluding carboxylic acids is 2. The Morgan fingerprint density at radius 2 is 1.72 bits per heavy atom. The van der Waals surface area contributed by atoms with Gasteiger partial charge in [0.25, 0.3) is 0 Å². The summed E-state index contributed by atoms with van der Waals surface area (Å²) in [5.74, 6) is -0.616. The van der Waals surface area contributed by atoms with Crippen molar-refractivity contribution in [3.05, 3.63) is 11.6 Å². The minimum atomic E-state index is -1.43. The van der Waals surface area contributed by atoms with Gasteiger partial charge in [-0.2, -0.15) is 0 Å². The average Bonchev–Trinajstić information content (AvgIpc) is 3.45. The molecule has 0 aromatic heterocycles. The second-order valence-corrected chi connectivity index (χ2v) is 13.4. The van der Waals surface area contributed by atoms with Crippen LogP contribution in [0.2, 0.25) is 0 Å². The van der Waals surface area contributed by atoms with Crippen LogP contribution in [-0.2, 0) is 23.8 Å². The van der Waals surface area contributed by atoms with E-state index in [0.717, 1.165) is 18.3 Å². The third-order valence-electron chi connectivity index (χ3n) is 12.0. The van der Waals surface area contributed by atoms with Crippen molar-refractivity contribution in [1.82, 2.24) is 0 Å². The maximum Gasteiger partial charge on any atom is 0.331 e. The molecule has 1 saturated heterocycles. The largest absolute Gasteiger partial charge is 0.458 e. The number of esters is 1.